The van der Waals surface area contributed by atoms with Crippen LogP contribution in [0.15, 0.2) is 5.16 Å². The highest BCUT2D eigenvalue weighted by Crippen LogP contribution is 2.37. The van der Waals surface area contributed by atoms with E-state index in [1.54, 1.807) is 0 Å². The van der Waals surface area contributed by atoms with E-state index in [0.29, 0.717) is 6.04 Å². The Morgan fingerprint density at radius 3 is 2.57 bits per heavy atom. The van der Waals surface area contributed by atoms with E-state index in [1.807, 2.05) is 0 Å². The van der Waals surface area contributed by atoms with Gasteiger partial charge in [-0.05, 0) is 31.6 Å². The van der Waals surface area contributed by atoms with Crippen LogP contribution in [0.2, 0.25) is 0 Å². The first-order valence-corrected chi connectivity index (χ1v) is 8.92. The van der Waals surface area contributed by atoms with Crippen LogP contribution in [0.4, 0.5) is 0 Å². The molecular formula is C15H25N3O2S. The molecule has 1 aromatic rings. The van der Waals surface area contributed by atoms with Gasteiger partial charge in [-0.1, -0.05) is 38.5 Å². The monoisotopic (exact) mass is 311 g/mol. The summed E-state index contributed by atoms with van der Waals surface area (Å²) in [6.45, 7) is 4.33. The number of hydrogen-bond acceptors (Lipinski definition) is 4. The largest absolute Gasteiger partial charge is 0.481 e. The van der Waals surface area contributed by atoms with Crippen molar-refractivity contribution in [1.29, 1.82) is 0 Å². The molecule has 0 amide bonds. The Balaban J connectivity index is 2.07. The maximum atomic E-state index is 10.8. The highest BCUT2D eigenvalue weighted by atomic mass is 32.2. The zero-order valence-corrected chi connectivity index (χ0v) is 13.7. The molecule has 2 rings (SSSR count). The number of carboxylic acids is 1. The molecule has 5 nitrogen and oxygen atoms in total. The third kappa shape index (κ3) is 4.22. The van der Waals surface area contributed by atoms with Crippen molar-refractivity contribution in [3.8, 4) is 0 Å². The number of carbonyl (C=O) groups is 1. The van der Waals surface area contributed by atoms with Gasteiger partial charge in [-0.3, -0.25) is 4.79 Å². The molecule has 1 N–H and O–H groups in total. The second-order valence-corrected chi connectivity index (χ2v) is 6.71. The number of thioether (sulfide) groups is 1. The minimum atomic E-state index is -0.806. The molecule has 0 aromatic carbocycles. The van der Waals surface area contributed by atoms with E-state index in [0.717, 1.165) is 36.2 Å². The molecule has 1 saturated carbocycles. The van der Waals surface area contributed by atoms with Crippen LogP contribution in [-0.2, 0) is 11.2 Å². The maximum absolute atomic E-state index is 10.8. The van der Waals surface area contributed by atoms with E-state index in [-0.39, 0.29) is 5.75 Å². The lowest BCUT2D eigenvalue weighted by Gasteiger charge is -2.30. The minimum Gasteiger partial charge on any atom is -0.481 e. The molecule has 6 heteroatoms. The number of nitrogens with zero attached hydrogens (tertiary/aromatic N) is 3. The fourth-order valence-electron chi connectivity index (χ4n) is 3.24. The summed E-state index contributed by atoms with van der Waals surface area (Å²) < 4.78 is 2.20. The second kappa shape index (κ2) is 7.82. The molecule has 0 spiro atoms. The van der Waals surface area contributed by atoms with Crippen LogP contribution in [0.1, 0.15) is 64.2 Å². The molecular weight excluding hydrogens is 286 g/mol. The first-order chi connectivity index (χ1) is 10.2. The van der Waals surface area contributed by atoms with Crippen molar-refractivity contribution in [3.05, 3.63) is 5.82 Å². The summed E-state index contributed by atoms with van der Waals surface area (Å²) in [5.41, 5.74) is 0. The van der Waals surface area contributed by atoms with Crippen molar-refractivity contribution in [1.82, 2.24) is 14.8 Å². The first-order valence-electron chi connectivity index (χ1n) is 7.94. The number of aromatic nitrogens is 3. The molecule has 1 aliphatic carbocycles. The van der Waals surface area contributed by atoms with Gasteiger partial charge in [-0.25, -0.2) is 0 Å². The zero-order valence-electron chi connectivity index (χ0n) is 12.9. The highest BCUT2D eigenvalue weighted by Gasteiger charge is 2.26. The zero-order chi connectivity index (χ0) is 15.2. The summed E-state index contributed by atoms with van der Waals surface area (Å²) in [7, 11) is 0. The maximum Gasteiger partial charge on any atom is 0.313 e. The number of aryl methyl sites for hydroxylation is 1. The summed E-state index contributed by atoms with van der Waals surface area (Å²) in [5.74, 6) is 1.09. The lowest BCUT2D eigenvalue weighted by atomic mass is 9.83. The number of hydrogen-bond donors (Lipinski definition) is 1. The van der Waals surface area contributed by atoms with Crippen LogP contribution >= 0.6 is 11.8 Å². The van der Waals surface area contributed by atoms with Gasteiger partial charge >= 0.3 is 5.97 Å². The normalized spacial score (nSPS) is 22.4. The first kappa shape index (κ1) is 16.3. The molecule has 0 bridgehead atoms. The molecule has 0 unspecified atom stereocenters. The second-order valence-electron chi connectivity index (χ2n) is 5.77. The van der Waals surface area contributed by atoms with Gasteiger partial charge in [-0.15, -0.1) is 10.2 Å². The molecule has 0 saturated heterocycles. The molecule has 0 atom stereocenters. The summed E-state index contributed by atoms with van der Waals surface area (Å²) in [4.78, 5) is 10.8. The number of carboxylic acid groups (broad SMARTS) is 1. The van der Waals surface area contributed by atoms with Crippen LogP contribution in [0.3, 0.4) is 0 Å². The highest BCUT2D eigenvalue weighted by molar-refractivity contribution is 7.99. The fraction of sp³-hybridized carbons (Fsp3) is 0.800. The van der Waals surface area contributed by atoms with E-state index in [1.165, 1.54) is 37.4 Å². The lowest BCUT2D eigenvalue weighted by molar-refractivity contribution is -0.133. The van der Waals surface area contributed by atoms with Crippen LogP contribution in [-0.4, -0.2) is 31.6 Å². The van der Waals surface area contributed by atoms with Crippen molar-refractivity contribution in [2.45, 2.75) is 70.0 Å². The summed E-state index contributed by atoms with van der Waals surface area (Å²) in [6.07, 6.45) is 8.30. The Hall–Kier alpha value is -1.04. The van der Waals surface area contributed by atoms with Gasteiger partial charge in [0, 0.05) is 12.5 Å². The molecule has 1 fully saturated rings. The minimum absolute atomic E-state index is 0.0486. The smallest absolute Gasteiger partial charge is 0.313 e. The van der Waals surface area contributed by atoms with Gasteiger partial charge in [0.1, 0.15) is 5.82 Å². The third-order valence-corrected chi connectivity index (χ3v) is 5.18. The van der Waals surface area contributed by atoms with E-state index in [4.69, 9.17) is 5.11 Å². The van der Waals surface area contributed by atoms with E-state index >= 15 is 0 Å². The Kier molecular flexibility index (Phi) is 6.08. The van der Waals surface area contributed by atoms with Crippen LogP contribution < -0.4 is 0 Å². The van der Waals surface area contributed by atoms with Gasteiger partial charge in [0.25, 0.3) is 0 Å². The van der Waals surface area contributed by atoms with Crippen LogP contribution in [0, 0.1) is 5.92 Å². The van der Waals surface area contributed by atoms with Crippen molar-refractivity contribution in [2.75, 3.05) is 5.75 Å². The molecule has 1 heterocycles. The molecule has 0 aliphatic heterocycles. The van der Waals surface area contributed by atoms with Crippen molar-refractivity contribution in [2.24, 2.45) is 5.92 Å². The van der Waals surface area contributed by atoms with Gasteiger partial charge in [0.05, 0.1) is 5.75 Å². The summed E-state index contributed by atoms with van der Waals surface area (Å²) in [6, 6.07) is 0.444. The SMILES string of the molecule is CCCC1CCC(n2c(CC)nnc2SCC(=O)O)CC1. The van der Waals surface area contributed by atoms with Gasteiger partial charge in [0.2, 0.25) is 0 Å². The number of rotatable bonds is 7. The Morgan fingerprint density at radius 1 is 1.29 bits per heavy atom. The Morgan fingerprint density at radius 2 is 2.00 bits per heavy atom. The van der Waals surface area contributed by atoms with Crippen molar-refractivity contribution < 1.29 is 9.90 Å². The molecule has 0 radical (unpaired) electrons. The van der Waals surface area contributed by atoms with Crippen molar-refractivity contribution in [3.63, 3.8) is 0 Å². The Labute approximate surface area is 130 Å². The average Bonchev–Trinajstić information content (AvgIpc) is 2.89. The van der Waals surface area contributed by atoms with E-state index in [9.17, 15) is 4.79 Å². The van der Waals surface area contributed by atoms with Gasteiger partial charge < -0.3 is 9.67 Å². The van der Waals surface area contributed by atoms with E-state index in [2.05, 4.69) is 28.6 Å². The topological polar surface area (TPSA) is 68.0 Å². The molecule has 118 valence electrons. The molecule has 1 aromatic heterocycles. The van der Waals surface area contributed by atoms with Crippen LogP contribution in [0.5, 0.6) is 0 Å². The van der Waals surface area contributed by atoms with E-state index < -0.39 is 5.97 Å². The summed E-state index contributed by atoms with van der Waals surface area (Å²) >= 11 is 1.29. The van der Waals surface area contributed by atoms with Gasteiger partial charge in [-0.2, -0.15) is 0 Å². The average molecular weight is 311 g/mol. The van der Waals surface area contributed by atoms with Crippen LogP contribution in [0.25, 0.3) is 0 Å². The predicted octanol–water partition coefficient (Wildman–Crippen LogP) is 3.55. The lowest BCUT2D eigenvalue weighted by Crippen LogP contribution is -2.20. The van der Waals surface area contributed by atoms with Crippen molar-refractivity contribution >= 4 is 17.7 Å². The molecule has 1 aliphatic rings. The predicted molar refractivity (Wildman–Crippen MR) is 83.7 cm³/mol. The molecule has 21 heavy (non-hydrogen) atoms. The standard InChI is InChI=1S/C15H25N3O2S/c1-3-5-11-6-8-12(9-7-11)18-13(4-2)16-17-15(18)21-10-14(19)20/h11-12H,3-10H2,1-2H3,(H,19,20). The third-order valence-electron chi connectivity index (χ3n) is 4.25. The fourth-order valence-corrected chi connectivity index (χ4v) is 3.98. The quantitative estimate of drug-likeness (QED) is 0.780. The Bertz CT molecular complexity index is 467. The van der Waals surface area contributed by atoms with Gasteiger partial charge in [0.15, 0.2) is 5.16 Å². The number of aliphatic carboxylic acids is 1. The summed E-state index contributed by atoms with van der Waals surface area (Å²) in [5, 5.41) is 18.1.